The molecule has 1 aliphatic heterocycles. The minimum atomic E-state index is -5.09. The Kier molecular flexibility index (Phi) is 5.04. The van der Waals surface area contributed by atoms with Crippen LogP contribution in [0.25, 0.3) is 0 Å². The predicted molar refractivity (Wildman–Crippen MR) is 56.6 cm³/mol. The van der Waals surface area contributed by atoms with E-state index in [1.165, 1.54) is 19.4 Å². The van der Waals surface area contributed by atoms with Crippen molar-refractivity contribution < 1.29 is 37.3 Å². The summed E-state index contributed by atoms with van der Waals surface area (Å²) < 4.78 is 52.3. The molecule has 1 aliphatic rings. The number of alkyl halides is 3. The maximum atomic E-state index is 12.8. The fraction of sp³-hybridized carbons (Fsp3) is 0.727. The van der Waals surface area contributed by atoms with Gasteiger partial charge in [0.2, 0.25) is 6.29 Å². The number of rotatable bonds is 6. The van der Waals surface area contributed by atoms with Crippen LogP contribution in [0.3, 0.4) is 0 Å². The molecule has 5 nitrogen and oxygen atoms in total. The van der Waals surface area contributed by atoms with Crippen LogP contribution in [0.4, 0.5) is 13.2 Å². The van der Waals surface area contributed by atoms with Gasteiger partial charge in [0, 0.05) is 6.42 Å². The molecular formula is C11H15F3O5. The summed E-state index contributed by atoms with van der Waals surface area (Å²) in [6.45, 7) is 1.12. The molecule has 1 N–H and O–H groups in total. The minimum absolute atomic E-state index is 0.110. The highest BCUT2D eigenvalue weighted by atomic mass is 19.4. The molecule has 0 spiro atoms. The van der Waals surface area contributed by atoms with Gasteiger partial charge in [0.05, 0.1) is 6.61 Å². The maximum absolute atomic E-state index is 12.8. The Morgan fingerprint density at radius 3 is 2.42 bits per heavy atom. The first-order valence-corrected chi connectivity index (χ1v) is 5.73. The van der Waals surface area contributed by atoms with E-state index in [4.69, 9.17) is 9.47 Å². The SMILES string of the molecule is CCOC(=O)C(O)(CCCC1OC=CO1)C(F)(F)F. The van der Waals surface area contributed by atoms with Crippen molar-refractivity contribution in [1.82, 2.24) is 0 Å². The molecule has 19 heavy (non-hydrogen) atoms. The van der Waals surface area contributed by atoms with Crippen LogP contribution in [-0.4, -0.2) is 35.8 Å². The topological polar surface area (TPSA) is 65.0 Å². The first-order chi connectivity index (χ1) is 8.81. The van der Waals surface area contributed by atoms with Crippen molar-refractivity contribution in [2.75, 3.05) is 6.61 Å². The number of hydrogen-bond acceptors (Lipinski definition) is 5. The lowest BCUT2D eigenvalue weighted by molar-refractivity contribution is -0.265. The second-order valence-electron chi connectivity index (χ2n) is 3.94. The van der Waals surface area contributed by atoms with Gasteiger partial charge in [-0.1, -0.05) is 0 Å². The summed E-state index contributed by atoms with van der Waals surface area (Å²) in [6.07, 6.45) is -4.03. The monoisotopic (exact) mass is 284 g/mol. The second-order valence-corrected chi connectivity index (χ2v) is 3.94. The Labute approximate surface area is 107 Å². The van der Waals surface area contributed by atoms with Gasteiger partial charge in [-0.25, -0.2) is 4.79 Å². The molecule has 0 saturated heterocycles. The molecule has 1 rings (SSSR count). The van der Waals surface area contributed by atoms with E-state index < -0.39 is 30.5 Å². The number of halogens is 3. The molecule has 0 fully saturated rings. The van der Waals surface area contributed by atoms with Crippen LogP contribution < -0.4 is 0 Å². The van der Waals surface area contributed by atoms with Crippen molar-refractivity contribution in [2.45, 2.75) is 44.3 Å². The Morgan fingerprint density at radius 2 is 1.95 bits per heavy atom. The fourth-order valence-electron chi connectivity index (χ4n) is 1.54. The van der Waals surface area contributed by atoms with E-state index in [2.05, 4.69) is 4.74 Å². The van der Waals surface area contributed by atoms with E-state index in [0.29, 0.717) is 0 Å². The van der Waals surface area contributed by atoms with Crippen molar-refractivity contribution in [3.8, 4) is 0 Å². The summed E-state index contributed by atoms with van der Waals surface area (Å²) in [5.41, 5.74) is -3.49. The van der Waals surface area contributed by atoms with Gasteiger partial charge < -0.3 is 19.3 Å². The normalized spacial score (nSPS) is 18.6. The third kappa shape index (κ3) is 3.76. The lowest BCUT2D eigenvalue weighted by Crippen LogP contribution is -2.53. The summed E-state index contributed by atoms with van der Waals surface area (Å²) in [4.78, 5) is 11.3. The minimum Gasteiger partial charge on any atom is -0.464 e. The molecule has 0 amide bonds. The van der Waals surface area contributed by atoms with Crippen molar-refractivity contribution >= 4 is 5.97 Å². The Morgan fingerprint density at radius 1 is 1.37 bits per heavy atom. The Balaban J connectivity index is 2.56. The lowest BCUT2D eigenvalue weighted by atomic mass is 9.96. The average molecular weight is 284 g/mol. The van der Waals surface area contributed by atoms with Gasteiger partial charge in [0.15, 0.2) is 0 Å². The molecule has 0 aromatic rings. The molecule has 1 atom stereocenters. The number of carbonyl (C=O) groups excluding carboxylic acids is 1. The van der Waals surface area contributed by atoms with Crippen LogP contribution in [0.5, 0.6) is 0 Å². The average Bonchev–Trinajstić information content (AvgIpc) is 2.80. The quantitative estimate of drug-likeness (QED) is 0.754. The van der Waals surface area contributed by atoms with Crippen molar-refractivity contribution in [2.24, 2.45) is 0 Å². The Hall–Kier alpha value is -1.44. The fourth-order valence-corrected chi connectivity index (χ4v) is 1.54. The molecule has 0 bridgehead atoms. The summed E-state index contributed by atoms with van der Waals surface area (Å²) in [5.74, 6) is -1.69. The summed E-state index contributed by atoms with van der Waals surface area (Å²) in [6, 6.07) is 0. The highest BCUT2D eigenvalue weighted by molar-refractivity contribution is 5.80. The molecule has 1 heterocycles. The van der Waals surface area contributed by atoms with Gasteiger partial charge in [0.25, 0.3) is 5.60 Å². The van der Waals surface area contributed by atoms with Crippen molar-refractivity contribution in [3.05, 3.63) is 12.5 Å². The zero-order valence-corrected chi connectivity index (χ0v) is 10.3. The van der Waals surface area contributed by atoms with E-state index in [-0.39, 0.29) is 19.4 Å². The second kappa shape index (κ2) is 6.14. The zero-order chi connectivity index (χ0) is 14.5. The van der Waals surface area contributed by atoms with Gasteiger partial charge in [-0.2, -0.15) is 13.2 Å². The van der Waals surface area contributed by atoms with Crippen molar-refractivity contribution in [1.29, 1.82) is 0 Å². The van der Waals surface area contributed by atoms with Gasteiger partial charge in [-0.15, -0.1) is 0 Å². The molecule has 0 saturated carbocycles. The van der Waals surface area contributed by atoms with Crippen LogP contribution in [-0.2, 0) is 19.0 Å². The molecule has 110 valence electrons. The van der Waals surface area contributed by atoms with Crippen molar-refractivity contribution in [3.63, 3.8) is 0 Å². The third-order valence-electron chi connectivity index (χ3n) is 2.58. The molecular weight excluding hydrogens is 269 g/mol. The van der Waals surface area contributed by atoms with Gasteiger partial charge in [-0.05, 0) is 19.8 Å². The van der Waals surface area contributed by atoms with Crippen LogP contribution >= 0.6 is 0 Å². The molecule has 0 aliphatic carbocycles. The van der Waals surface area contributed by atoms with E-state index in [1.54, 1.807) is 0 Å². The third-order valence-corrected chi connectivity index (χ3v) is 2.58. The smallest absolute Gasteiger partial charge is 0.428 e. The number of ether oxygens (including phenoxy) is 3. The summed E-state index contributed by atoms with van der Waals surface area (Å²) >= 11 is 0. The number of carbonyl (C=O) groups is 1. The molecule has 1 unspecified atom stereocenters. The first-order valence-electron chi connectivity index (χ1n) is 5.73. The lowest BCUT2D eigenvalue weighted by Gasteiger charge is -2.28. The summed E-state index contributed by atoms with van der Waals surface area (Å²) in [5, 5.41) is 9.52. The van der Waals surface area contributed by atoms with Crippen LogP contribution in [0.2, 0.25) is 0 Å². The zero-order valence-electron chi connectivity index (χ0n) is 10.3. The van der Waals surface area contributed by atoms with Gasteiger partial charge in [-0.3, -0.25) is 0 Å². The summed E-state index contributed by atoms with van der Waals surface area (Å²) in [7, 11) is 0. The largest absolute Gasteiger partial charge is 0.464 e. The highest BCUT2D eigenvalue weighted by Crippen LogP contribution is 2.36. The molecule has 8 heteroatoms. The van der Waals surface area contributed by atoms with Crippen LogP contribution in [0, 0.1) is 0 Å². The van der Waals surface area contributed by atoms with E-state index in [0.717, 1.165) is 0 Å². The molecule has 0 radical (unpaired) electrons. The van der Waals surface area contributed by atoms with Crippen LogP contribution in [0.15, 0.2) is 12.5 Å². The van der Waals surface area contributed by atoms with E-state index >= 15 is 0 Å². The number of aliphatic hydroxyl groups is 1. The van der Waals surface area contributed by atoms with E-state index in [1.807, 2.05) is 0 Å². The maximum Gasteiger partial charge on any atom is 0.428 e. The standard InChI is InChI=1S/C11H15F3O5/c1-2-17-9(15)10(16,11(12,13)14)5-3-4-8-18-6-7-19-8/h6-8,16H,2-5H2,1H3. The van der Waals surface area contributed by atoms with Gasteiger partial charge in [0.1, 0.15) is 12.5 Å². The highest BCUT2D eigenvalue weighted by Gasteiger charge is 2.60. The molecule has 0 aromatic carbocycles. The number of hydrogen-bond donors (Lipinski definition) is 1. The van der Waals surface area contributed by atoms with Gasteiger partial charge >= 0.3 is 12.1 Å². The Bertz CT molecular complexity index is 334. The number of esters is 1. The first kappa shape index (κ1) is 15.6. The molecule has 0 aromatic heterocycles. The predicted octanol–water partition coefficient (Wildman–Crippen LogP) is 1.86. The van der Waals surface area contributed by atoms with E-state index in [9.17, 15) is 23.1 Å². The van der Waals surface area contributed by atoms with Crippen LogP contribution in [0.1, 0.15) is 26.2 Å².